The second kappa shape index (κ2) is 5.26. The van der Waals surface area contributed by atoms with Crippen molar-refractivity contribution in [2.24, 2.45) is 0 Å². The van der Waals surface area contributed by atoms with Gasteiger partial charge in [-0.2, -0.15) is 0 Å². The second-order valence-corrected chi connectivity index (χ2v) is 3.66. The van der Waals surface area contributed by atoms with Gasteiger partial charge in [-0.25, -0.2) is 0 Å². The Morgan fingerprint density at radius 2 is 1.62 bits per heavy atom. The van der Waals surface area contributed by atoms with Crippen molar-refractivity contribution >= 4 is 11.6 Å². The second-order valence-electron chi connectivity index (χ2n) is 3.66. The summed E-state index contributed by atoms with van der Waals surface area (Å²) >= 11 is 0. The van der Waals surface area contributed by atoms with Crippen molar-refractivity contribution in [1.29, 1.82) is 0 Å². The van der Waals surface area contributed by atoms with Crippen molar-refractivity contribution < 1.29 is 9.59 Å². The topological polar surface area (TPSA) is 37.4 Å². The standard InChI is InChI=1S/C13H15NO2/c1-10(15)13(11(2)16)5-4-12-6-8-14(3)9-7-12/h4-9H,1-3H3. The Hall–Kier alpha value is -1.90. The molecule has 0 atom stereocenters. The van der Waals surface area contributed by atoms with Gasteiger partial charge in [-0.15, -0.1) is 0 Å². The SMILES string of the molecule is CC(=O)C(=CC=C1C=CN(C)C=C1)C(C)=O. The van der Waals surface area contributed by atoms with E-state index in [1.165, 1.54) is 13.8 Å². The molecular weight excluding hydrogens is 202 g/mol. The summed E-state index contributed by atoms with van der Waals surface area (Å²) < 4.78 is 0. The van der Waals surface area contributed by atoms with Gasteiger partial charge in [0, 0.05) is 19.4 Å². The van der Waals surface area contributed by atoms with E-state index in [1.807, 2.05) is 36.5 Å². The zero-order valence-electron chi connectivity index (χ0n) is 9.73. The molecule has 0 unspecified atom stereocenters. The summed E-state index contributed by atoms with van der Waals surface area (Å²) in [6, 6.07) is 0. The van der Waals surface area contributed by atoms with Crippen molar-refractivity contribution in [2.75, 3.05) is 7.05 Å². The molecule has 0 bridgehead atoms. The molecule has 0 aromatic carbocycles. The van der Waals surface area contributed by atoms with Gasteiger partial charge in [0.2, 0.25) is 0 Å². The third kappa shape index (κ3) is 3.35. The number of carbonyl (C=O) groups excluding carboxylic acids is 2. The summed E-state index contributed by atoms with van der Waals surface area (Å²) in [5.41, 5.74) is 1.19. The Kier molecular flexibility index (Phi) is 4.00. The van der Waals surface area contributed by atoms with Crippen LogP contribution in [0.4, 0.5) is 0 Å². The van der Waals surface area contributed by atoms with Crippen LogP contribution >= 0.6 is 0 Å². The van der Waals surface area contributed by atoms with E-state index in [-0.39, 0.29) is 17.1 Å². The van der Waals surface area contributed by atoms with Crippen LogP contribution in [0.5, 0.6) is 0 Å². The summed E-state index contributed by atoms with van der Waals surface area (Å²) in [4.78, 5) is 24.2. The maximum atomic E-state index is 11.1. The van der Waals surface area contributed by atoms with Gasteiger partial charge in [-0.3, -0.25) is 9.59 Å². The first-order valence-corrected chi connectivity index (χ1v) is 5.03. The number of Topliss-reactive ketones (excluding diaryl/α,β-unsaturated/α-hetero) is 2. The van der Waals surface area contributed by atoms with E-state index in [0.29, 0.717) is 0 Å². The Morgan fingerprint density at radius 3 is 2.06 bits per heavy atom. The first kappa shape index (κ1) is 12.2. The Morgan fingerprint density at radius 1 is 1.12 bits per heavy atom. The molecule has 0 aliphatic carbocycles. The number of hydrogen-bond acceptors (Lipinski definition) is 3. The molecule has 0 fully saturated rings. The van der Waals surface area contributed by atoms with Crippen molar-refractivity contribution in [3.8, 4) is 0 Å². The van der Waals surface area contributed by atoms with Gasteiger partial charge < -0.3 is 4.90 Å². The monoisotopic (exact) mass is 217 g/mol. The summed E-state index contributed by atoms with van der Waals surface area (Å²) in [5, 5.41) is 0. The maximum absolute atomic E-state index is 11.1. The van der Waals surface area contributed by atoms with Gasteiger partial charge in [0.25, 0.3) is 0 Å². The Labute approximate surface area is 95.4 Å². The van der Waals surface area contributed by atoms with Crippen LogP contribution in [-0.4, -0.2) is 23.5 Å². The molecule has 0 aromatic heterocycles. The number of carbonyl (C=O) groups is 2. The van der Waals surface area contributed by atoms with Crippen molar-refractivity contribution in [3.05, 3.63) is 47.9 Å². The van der Waals surface area contributed by atoms with Crippen LogP contribution in [0.2, 0.25) is 0 Å². The predicted molar refractivity (Wildman–Crippen MR) is 63.6 cm³/mol. The summed E-state index contributed by atoms with van der Waals surface area (Å²) in [6.07, 6.45) is 11.0. The minimum Gasteiger partial charge on any atom is -0.357 e. The predicted octanol–water partition coefficient (Wildman–Crippen LogP) is 1.99. The molecule has 16 heavy (non-hydrogen) atoms. The maximum Gasteiger partial charge on any atom is 0.163 e. The third-order valence-corrected chi connectivity index (χ3v) is 2.21. The van der Waals surface area contributed by atoms with Crippen molar-refractivity contribution in [2.45, 2.75) is 13.8 Å². The fraction of sp³-hybridized carbons (Fsp3) is 0.231. The molecule has 0 spiro atoms. The minimum atomic E-state index is -0.203. The number of hydrogen-bond donors (Lipinski definition) is 0. The van der Waals surface area contributed by atoms with E-state index < -0.39 is 0 Å². The lowest BCUT2D eigenvalue weighted by Gasteiger charge is -2.11. The average Bonchev–Trinajstić information content (AvgIpc) is 2.20. The van der Waals surface area contributed by atoms with Crippen molar-refractivity contribution in [1.82, 2.24) is 4.90 Å². The van der Waals surface area contributed by atoms with E-state index in [0.717, 1.165) is 5.57 Å². The highest BCUT2D eigenvalue weighted by Crippen LogP contribution is 2.09. The first-order valence-electron chi connectivity index (χ1n) is 5.03. The number of ketones is 2. The average molecular weight is 217 g/mol. The molecule has 0 aromatic rings. The van der Waals surface area contributed by atoms with E-state index in [9.17, 15) is 9.59 Å². The van der Waals surface area contributed by atoms with Crippen LogP contribution in [0.3, 0.4) is 0 Å². The Bertz CT molecular complexity index is 393. The molecule has 0 N–H and O–H groups in total. The molecule has 0 saturated carbocycles. The highest BCUT2D eigenvalue weighted by molar-refractivity contribution is 6.18. The zero-order chi connectivity index (χ0) is 12.1. The molecule has 0 radical (unpaired) electrons. The summed E-state index contributed by atoms with van der Waals surface area (Å²) in [5.74, 6) is -0.407. The van der Waals surface area contributed by atoms with Gasteiger partial charge >= 0.3 is 0 Å². The van der Waals surface area contributed by atoms with Crippen molar-refractivity contribution in [3.63, 3.8) is 0 Å². The van der Waals surface area contributed by atoms with E-state index >= 15 is 0 Å². The smallest absolute Gasteiger partial charge is 0.163 e. The minimum absolute atomic E-state index is 0.203. The van der Waals surface area contributed by atoms with Gasteiger partial charge in [0.15, 0.2) is 11.6 Å². The Balaban J connectivity index is 2.89. The zero-order valence-corrected chi connectivity index (χ0v) is 9.73. The fourth-order valence-electron chi connectivity index (χ4n) is 1.29. The number of allylic oxidation sites excluding steroid dienone is 6. The molecule has 3 nitrogen and oxygen atoms in total. The highest BCUT2D eigenvalue weighted by atomic mass is 16.1. The van der Waals surface area contributed by atoms with Crippen LogP contribution in [0.25, 0.3) is 0 Å². The molecular formula is C13H15NO2. The summed E-state index contributed by atoms with van der Waals surface area (Å²) in [6.45, 7) is 2.79. The van der Waals surface area contributed by atoms with Gasteiger partial charge in [0.1, 0.15) is 0 Å². The van der Waals surface area contributed by atoms with Gasteiger partial charge in [0.05, 0.1) is 5.57 Å². The number of nitrogens with zero attached hydrogens (tertiary/aromatic N) is 1. The van der Waals surface area contributed by atoms with Crippen LogP contribution < -0.4 is 0 Å². The quantitative estimate of drug-likeness (QED) is 0.412. The fourth-order valence-corrected chi connectivity index (χ4v) is 1.29. The normalized spacial score (nSPS) is 13.7. The third-order valence-electron chi connectivity index (χ3n) is 2.21. The highest BCUT2D eigenvalue weighted by Gasteiger charge is 2.07. The largest absolute Gasteiger partial charge is 0.357 e. The lowest BCUT2D eigenvalue weighted by Crippen LogP contribution is -2.06. The summed E-state index contributed by atoms with van der Waals surface area (Å²) in [7, 11) is 1.93. The molecule has 1 aliphatic heterocycles. The van der Waals surface area contributed by atoms with Gasteiger partial charge in [-0.05, 0) is 37.6 Å². The van der Waals surface area contributed by atoms with Crippen LogP contribution in [0.1, 0.15) is 13.8 Å². The van der Waals surface area contributed by atoms with Gasteiger partial charge in [-0.1, -0.05) is 6.08 Å². The van der Waals surface area contributed by atoms with Crippen LogP contribution in [-0.2, 0) is 9.59 Å². The van der Waals surface area contributed by atoms with E-state index in [4.69, 9.17) is 0 Å². The van der Waals surface area contributed by atoms with Crippen LogP contribution in [0, 0.1) is 0 Å². The number of rotatable bonds is 3. The van der Waals surface area contributed by atoms with E-state index in [1.54, 1.807) is 12.2 Å². The molecule has 1 rings (SSSR count). The molecule has 0 saturated heterocycles. The van der Waals surface area contributed by atoms with Crippen LogP contribution in [0.15, 0.2) is 47.9 Å². The molecule has 84 valence electrons. The molecule has 1 aliphatic rings. The first-order chi connectivity index (χ1) is 7.50. The lowest BCUT2D eigenvalue weighted by molar-refractivity contribution is -0.119. The molecule has 0 amide bonds. The molecule has 1 heterocycles. The molecule has 3 heteroatoms. The van der Waals surface area contributed by atoms with E-state index in [2.05, 4.69) is 0 Å². The lowest BCUT2D eigenvalue weighted by atomic mass is 10.1.